The lowest BCUT2D eigenvalue weighted by Crippen LogP contribution is -2.29. The zero-order valence-corrected chi connectivity index (χ0v) is 21.6. The van der Waals surface area contributed by atoms with Gasteiger partial charge in [0, 0.05) is 20.1 Å². The third kappa shape index (κ3) is 6.14. The molecular weight excluding hydrogens is 462 g/mol. The van der Waals surface area contributed by atoms with Crippen molar-refractivity contribution in [2.24, 2.45) is 24.8 Å². The van der Waals surface area contributed by atoms with E-state index in [0.29, 0.717) is 53.2 Å². The molecule has 3 atom stereocenters. The maximum absolute atomic E-state index is 12.7. The molecule has 2 aromatic rings. The third-order valence-corrected chi connectivity index (χ3v) is 7.17. The summed E-state index contributed by atoms with van der Waals surface area (Å²) in [6.45, 7) is 7.79. The van der Waals surface area contributed by atoms with Gasteiger partial charge in [0.25, 0.3) is 0 Å². The molecule has 1 aliphatic heterocycles. The number of rotatable bonds is 8. The van der Waals surface area contributed by atoms with Crippen molar-refractivity contribution in [2.45, 2.75) is 72.0 Å². The number of aliphatic carboxylic acids is 1. The van der Waals surface area contributed by atoms with E-state index in [2.05, 4.69) is 29.1 Å². The van der Waals surface area contributed by atoms with Crippen LogP contribution in [-0.2, 0) is 23.2 Å². The minimum absolute atomic E-state index is 0.0562. The third-order valence-electron chi connectivity index (χ3n) is 7.17. The second kappa shape index (κ2) is 11.3. The van der Waals surface area contributed by atoms with Gasteiger partial charge in [-0.25, -0.2) is 14.5 Å². The summed E-state index contributed by atoms with van der Waals surface area (Å²) < 4.78 is 13.4. The molecule has 196 valence electrons. The van der Waals surface area contributed by atoms with Crippen molar-refractivity contribution in [3.63, 3.8) is 0 Å². The van der Waals surface area contributed by atoms with Gasteiger partial charge < -0.3 is 19.5 Å². The van der Waals surface area contributed by atoms with Crippen LogP contribution in [0.2, 0.25) is 0 Å². The zero-order valence-electron chi connectivity index (χ0n) is 21.6. The molecular formula is C26H37N5O5. The summed E-state index contributed by atoms with van der Waals surface area (Å²) in [7, 11) is 1.76. The quantitative estimate of drug-likeness (QED) is 0.573. The van der Waals surface area contributed by atoms with Gasteiger partial charge >= 0.3 is 12.1 Å². The Labute approximate surface area is 212 Å². The molecule has 4 rings (SSSR count). The number of aryl methyl sites for hydroxylation is 2. The van der Waals surface area contributed by atoms with Gasteiger partial charge in [-0.1, -0.05) is 19.1 Å². The van der Waals surface area contributed by atoms with E-state index in [9.17, 15) is 14.7 Å². The van der Waals surface area contributed by atoms with E-state index in [1.54, 1.807) is 16.6 Å². The Bertz CT molecular complexity index is 1080. The van der Waals surface area contributed by atoms with E-state index in [1.165, 1.54) is 0 Å². The number of nitrogens with zero attached hydrogens (tertiary/aromatic N) is 5. The van der Waals surface area contributed by atoms with Gasteiger partial charge in [0.15, 0.2) is 0 Å². The second-order valence-electron chi connectivity index (χ2n) is 10.5. The minimum atomic E-state index is -0.760. The van der Waals surface area contributed by atoms with Crippen LogP contribution in [-0.4, -0.2) is 61.2 Å². The lowest BCUT2D eigenvalue weighted by Gasteiger charge is -2.27. The SMILES string of the molecule is Cc1nc(-c2nnn(C)c2COC(=O)N2CCC(CC(C)C)C2)ccc1O[C@H]1CCC[C@H](C(=O)O)C1. The zero-order chi connectivity index (χ0) is 25.8. The normalized spacial score (nSPS) is 22.1. The molecule has 0 radical (unpaired) electrons. The monoisotopic (exact) mass is 499 g/mol. The van der Waals surface area contributed by atoms with E-state index in [0.717, 1.165) is 38.8 Å². The molecule has 1 saturated carbocycles. The molecule has 2 aliphatic rings. The van der Waals surface area contributed by atoms with Crippen molar-refractivity contribution in [2.75, 3.05) is 13.1 Å². The number of ether oxygens (including phenoxy) is 2. The van der Waals surface area contributed by atoms with Crippen LogP contribution in [0.5, 0.6) is 5.75 Å². The lowest BCUT2D eigenvalue weighted by molar-refractivity contribution is -0.143. The number of carboxylic acid groups (broad SMARTS) is 1. The predicted molar refractivity (Wildman–Crippen MR) is 132 cm³/mol. The fourth-order valence-electron chi connectivity index (χ4n) is 5.28. The first kappa shape index (κ1) is 25.9. The van der Waals surface area contributed by atoms with Crippen LogP contribution in [0.25, 0.3) is 11.4 Å². The number of hydrogen-bond acceptors (Lipinski definition) is 7. The van der Waals surface area contributed by atoms with Crippen molar-refractivity contribution in [3.8, 4) is 17.1 Å². The Morgan fingerprint density at radius 3 is 2.75 bits per heavy atom. The van der Waals surface area contributed by atoms with E-state index in [4.69, 9.17) is 9.47 Å². The Morgan fingerprint density at radius 2 is 2.03 bits per heavy atom. The number of pyridine rings is 1. The summed E-state index contributed by atoms with van der Waals surface area (Å²) in [4.78, 5) is 30.5. The van der Waals surface area contributed by atoms with Crippen LogP contribution in [0.15, 0.2) is 12.1 Å². The van der Waals surface area contributed by atoms with Gasteiger partial charge in [-0.2, -0.15) is 0 Å². The average Bonchev–Trinajstić information content (AvgIpc) is 3.45. The van der Waals surface area contributed by atoms with Gasteiger partial charge in [0.1, 0.15) is 23.7 Å². The fourth-order valence-corrected chi connectivity index (χ4v) is 5.28. The number of likely N-dealkylation sites (tertiary alicyclic amines) is 1. The molecule has 0 aromatic carbocycles. The lowest BCUT2D eigenvalue weighted by atomic mass is 9.87. The summed E-state index contributed by atoms with van der Waals surface area (Å²) in [6, 6.07) is 3.65. The Morgan fingerprint density at radius 1 is 1.22 bits per heavy atom. The first-order valence-electron chi connectivity index (χ1n) is 12.9. The topological polar surface area (TPSA) is 120 Å². The highest BCUT2D eigenvalue weighted by atomic mass is 16.6. The van der Waals surface area contributed by atoms with Crippen molar-refractivity contribution >= 4 is 12.1 Å². The Kier molecular flexibility index (Phi) is 8.11. The molecule has 2 aromatic heterocycles. The van der Waals surface area contributed by atoms with Gasteiger partial charge in [0.05, 0.1) is 23.4 Å². The molecule has 1 unspecified atom stereocenters. The summed E-state index contributed by atoms with van der Waals surface area (Å²) in [5.41, 5.74) is 2.53. The summed E-state index contributed by atoms with van der Waals surface area (Å²) in [5.74, 6) is 0.665. The van der Waals surface area contributed by atoms with Gasteiger partial charge in [-0.3, -0.25) is 4.79 Å². The maximum Gasteiger partial charge on any atom is 0.410 e. The van der Waals surface area contributed by atoms with Crippen LogP contribution >= 0.6 is 0 Å². The first-order valence-corrected chi connectivity index (χ1v) is 12.9. The number of carboxylic acids is 1. The summed E-state index contributed by atoms with van der Waals surface area (Å²) >= 11 is 0. The molecule has 10 nitrogen and oxygen atoms in total. The highest BCUT2D eigenvalue weighted by Crippen LogP contribution is 2.31. The smallest absolute Gasteiger partial charge is 0.410 e. The summed E-state index contributed by atoms with van der Waals surface area (Å²) in [6.07, 6.45) is 4.56. The average molecular weight is 500 g/mol. The van der Waals surface area contributed by atoms with Crippen LogP contribution in [0, 0.1) is 24.7 Å². The van der Waals surface area contributed by atoms with Gasteiger partial charge in [-0.15, -0.1) is 5.10 Å². The van der Waals surface area contributed by atoms with E-state index < -0.39 is 5.97 Å². The van der Waals surface area contributed by atoms with Gasteiger partial charge in [-0.05, 0) is 69.4 Å². The molecule has 36 heavy (non-hydrogen) atoms. The number of carbonyl (C=O) groups is 2. The van der Waals surface area contributed by atoms with Crippen molar-refractivity contribution in [3.05, 3.63) is 23.5 Å². The molecule has 1 N–H and O–H groups in total. The molecule has 1 amide bonds. The minimum Gasteiger partial charge on any atom is -0.489 e. The first-order chi connectivity index (χ1) is 17.2. The van der Waals surface area contributed by atoms with Crippen LogP contribution in [0.4, 0.5) is 4.79 Å². The maximum atomic E-state index is 12.7. The van der Waals surface area contributed by atoms with Crippen molar-refractivity contribution in [1.29, 1.82) is 0 Å². The highest BCUT2D eigenvalue weighted by Gasteiger charge is 2.30. The predicted octanol–water partition coefficient (Wildman–Crippen LogP) is 4.21. The van der Waals surface area contributed by atoms with E-state index in [1.807, 2.05) is 19.1 Å². The molecule has 0 bridgehead atoms. The van der Waals surface area contributed by atoms with Crippen LogP contribution in [0.3, 0.4) is 0 Å². The largest absolute Gasteiger partial charge is 0.489 e. The standard InChI is InChI=1S/C26H37N5O5/c1-16(2)12-18-10-11-31(14-18)26(34)35-15-22-24(28-29-30(22)4)21-8-9-23(17(3)27-21)36-20-7-5-6-19(13-20)25(32)33/h8-9,16,18-20H,5-7,10-15H2,1-4H3,(H,32,33)/t18?,19-,20-/m0/s1. The highest BCUT2D eigenvalue weighted by molar-refractivity contribution is 5.70. The molecule has 1 saturated heterocycles. The molecule has 0 spiro atoms. The van der Waals surface area contributed by atoms with Crippen LogP contribution < -0.4 is 4.74 Å². The molecule has 2 fully saturated rings. The van der Waals surface area contributed by atoms with Crippen molar-refractivity contribution < 1.29 is 24.2 Å². The number of carbonyl (C=O) groups excluding carboxylic acids is 1. The number of hydrogen-bond donors (Lipinski definition) is 1. The number of amides is 1. The van der Waals surface area contributed by atoms with E-state index >= 15 is 0 Å². The Hall–Kier alpha value is -3.17. The Balaban J connectivity index is 1.39. The van der Waals surface area contributed by atoms with Crippen molar-refractivity contribution in [1.82, 2.24) is 24.9 Å². The van der Waals surface area contributed by atoms with Gasteiger partial charge in [0.2, 0.25) is 0 Å². The second-order valence-corrected chi connectivity index (χ2v) is 10.5. The number of aromatic nitrogens is 4. The van der Waals surface area contributed by atoms with Crippen LogP contribution in [0.1, 0.15) is 63.8 Å². The van der Waals surface area contributed by atoms with E-state index in [-0.39, 0.29) is 24.7 Å². The molecule has 10 heteroatoms. The molecule has 3 heterocycles. The summed E-state index contributed by atoms with van der Waals surface area (Å²) in [5, 5.41) is 17.7. The fraction of sp³-hybridized carbons (Fsp3) is 0.654. The molecule has 1 aliphatic carbocycles.